The smallest absolute Gasteiger partial charge is 0.270 e. The zero-order valence-corrected chi connectivity index (χ0v) is 20.5. The van der Waals surface area contributed by atoms with Crippen molar-refractivity contribution >= 4 is 11.8 Å². The molecule has 184 valence electrons. The minimum atomic E-state index is -0.256. The van der Waals surface area contributed by atoms with Crippen LogP contribution in [-0.4, -0.2) is 44.7 Å². The summed E-state index contributed by atoms with van der Waals surface area (Å²) in [6, 6.07) is 11.5. The summed E-state index contributed by atoms with van der Waals surface area (Å²) >= 11 is 0. The minimum absolute atomic E-state index is 0.0374. The number of benzene rings is 1. The number of nitrogens with zero attached hydrogens (tertiary/aromatic N) is 4. The summed E-state index contributed by atoms with van der Waals surface area (Å²) in [5.41, 5.74) is 2.76. The first-order chi connectivity index (χ1) is 16.9. The summed E-state index contributed by atoms with van der Waals surface area (Å²) in [5.74, 6) is 1.61. The number of rotatable bonds is 8. The van der Waals surface area contributed by atoms with Crippen LogP contribution in [0.2, 0.25) is 0 Å². The molecule has 0 atom stereocenters. The average Bonchev–Trinajstić information content (AvgIpc) is 3.32. The molecule has 1 fully saturated rings. The third kappa shape index (κ3) is 6.65. The van der Waals surface area contributed by atoms with E-state index in [0.717, 1.165) is 54.8 Å². The van der Waals surface area contributed by atoms with Gasteiger partial charge >= 0.3 is 0 Å². The predicted octanol–water partition coefficient (Wildman–Crippen LogP) is 3.28. The van der Waals surface area contributed by atoms with E-state index in [1.54, 1.807) is 26.4 Å². The second kappa shape index (κ2) is 11.1. The van der Waals surface area contributed by atoms with E-state index in [4.69, 9.17) is 4.74 Å². The Morgan fingerprint density at radius 1 is 1.14 bits per heavy atom. The Balaban J connectivity index is 1.38. The Kier molecular flexibility index (Phi) is 7.74. The molecule has 2 N–H and O–H groups in total. The maximum Gasteiger partial charge on any atom is 0.270 e. The molecular formula is C26H32N6O3. The molecule has 0 radical (unpaired) electrons. The first kappa shape index (κ1) is 24.4. The summed E-state index contributed by atoms with van der Waals surface area (Å²) < 4.78 is 7.11. The lowest BCUT2D eigenvalue weighted by Gasteiger charge is -2.28. The second-order valence-electron chi connectivity index (χ2n) is 9.13. The zero-order valence-electron chi connectivity index (χ0n) is 20.5. The maximum absolute atomic E-state index is 12.8. The molecule has 1 aliphatic carbocycles. The topological polar surface area (TPSA) is 111 Å². The molecule has 35 heavy (non-hydrogen) atoms. The minimum Gasteiger partial charge on any atom is -0.497 e. The van der Waals surface area contributed by atoms with E-state index in [-0.39, 0.29) is 17.9 Å². The van der Waals surface area contributed by atoms with E-state index in [2.05, 4.69) is 25.7 Å². The molecule has 1 aliphatic rings. The van der Waals surface area contributed by atoms with E-state index >= 15 is 0 Å². The number of aromatic nitrogens is 4. The van der Waals surface area contributed by atoms with Gasteiger partial charge in [0.2, 0.25) is 5.91 Å². The fourth-order valence-electron chi connectivity index (χ4n) is 4.53. The summed E-state index contributed by atoms with van der Waals surface area (Å²) in [5, 5.41) is 10.6. The third-order valence-corrected chi connectivity index (χ3v) is 6.27. The lowest BCUT2D eigenvalue weighted by Crippen LogP contribution is -2.36. The van der Waals surface area contributed by atoms with Crippen molar-refractivity contribution in [3.63, 3.8) is 0 Å². The van der Waals surface area contributed by atoms with Crippen molar-refractivity contribution in [2.75, 3.05) is 7.11 Å². The van der Waals surface area contributed by atoms with Gasteiger partial charge < -0.3 is 15.4 Å². The van der Waals surface area contributed by atoms with Crippen LogP contribution in [0.25, 0.3) is 11.4 Å². The highest BCUT2D eigenvalue weighted by molar-refractivity contribution is 5.93. The lowest BCUT2D eigenvalue weighted by molar-refractivity contribution is -0.119. The molecule has 0 bridgehead atoms. The van der Waals surface area contributed by atoms with Gasteiger partial charge in [-0.1, -0.05) is 12.1 Å². The number of amides is 2. The van der Waals surface area contributed by atoms with Gasteiger partial charge in [-0.15, -0.1) is 0 Å². The fraction of sp³-hybridized carbons (Fsp3) is 0.423. The molecule has 4 rings (SSSR count). The number of hydrogen-bond acceptors (Lipinski definition) is 6. The van der Waals surface area contributed by atoms with Crippen molar-refractivity contribution in [2.45, 2.75) is 58.7 Å². The molecule has 1 saturated carbocycles. The quantitative estimate of drug-likeness (QED) is 0.516. The predicted molar refractivity (Wildman–Crippen MR) is 132 cm³/mol. The van der Waals surface area contributed by atoms with Crippen LogP contribution >= 0.6 is 0 Å². The van der Waals surface area contributed by atoms with Crippen molar-refractivity contribution in [1.29, 1.82) is 0 Å². The fourth-order valence-corrected chi connectivity index (χ4v) is 4.53. The van der Waals surface area contributed by atoms with Crippen LogP contribution in [0.15, 0.2) is 42.7 Å². The number of aryl methyl sites for hydroxylation is 1. The molecule has 0 saturated heterocycles. The maximum atomic E-state index is 12.8. The molecule has 1 aromatic carbocycles. The largest absolute Gasteiger partial charge is 0.497 e. The molecule has 2 amide bonds. The van der Waals surface area contributed by atoms with E-state index in [1.165, 1.54) is 0 Å². The summed E-state index contributed by atoms with van der Waals surface area (Å²) in [7, 11) is 1.62. The number of hydrogen-bond donors (Lipinski definition) is 2. The molecule has 0 spiro atoms. The molecule has 0 unspecified atom stereocenters. The monoisotopic (exact) mass is 476 g/mol. The first-order valence-electron chi connectivity index (χ1n) is 12.0. The van der Waals surface area contributed by atoms with Crippen LogP contribution in [-0.2, 0) is 17.9 Å². The molecule has 9 heteroatoms. The van der Waals surface area contributed by atoms with E-state index in [9.17, 15) is 9.59 Å². The first-order valence-corrected chi connectivity index (χ1v) is 12.0. The van der Waals surface area contributed by atoms with Gasteiger partial charge in [-0.25, -0.2) is 9.97 Å². The zero-order chi connectivity index (χ0) is 24.8. The SMILES string of the molecule is COc1cccc(CNC(=O)c2cc(-c3ncn(CC4CCC(NC(C)=O)CC4)n3)cc(C)n2)c1. The van der Waals surface area contributed by atoms with Gasteiger partial charge in [-0.2, -0.15) is 5.10 Å². The third-order valence-electron chi connectivity index (χ3n) is 6.27. The van der Waals surface area contributed by atoms with Gasteiger partial charge in [-0.3, -0.25) is 14.3 Å². The van der Waals surface area contributed by atoms with Gasteiger partial charge in [0.05, 0.1) is 7.11 Å². The van der Waals surface area contributed by atoms with Crippen molar-refractivity contribution < 1.29 is 14.3 Å². The lowest BCUT2D eigenvalue weighted by atomic mass is 9.86. The standard InChI is InChI=1S/C26H32N6O3/c1-17-11-21(13-24(29-17)26(34)27-14-20-5-4-6-23(12-20)35-3)25-28-16-32(31-25)15-19-7-9-22(10-8-19)30-18(2)33/h4-6,11-13,16,19,22H,7-10,14-15H2,1-3H3,(H,27,34)(H,30,33). The van der Waals surface area contributed by atoms with Crippen molar-refractivity contribution in [1.82, 2.24) is 30.4 Å². The highest BCUT2D eigenvalue weighted by atomic mass is 16.5. The number of nitrogens with one attached hydrogen (secondary N) is 2. The summed E-state index contributed by atoms with van der Waals surface area (Å²) in [6.45, 7) is 4.59. The van der Waals surface area contributed by atoms with Crippen LogP contribution < -0.4 is 15.4 Å². The van der Waals surface area contributed by atoms with Crippen LogP contribution in [0.3, 0.4) is 0 Å². The van der Waals surface area contributed by atoms with Crippen molar-refractivity contribution in [2.24, 2.45) is 5.92 Å². The number of pyridine rings is 1. The Morgan fingerprint density at radius 2 is 1.94 bits per heavy atom. The summed E-state index contributed by atoms with van der Waals surface area (Å²) in [4.78, 5) is 32.9. The van der Waals surface area contributed by atoms with Crippen LogP contribution in [0, 0.1) is 12.8 Å². The number of carbonyl (C=O) groups is 2. The van der Waals surface area contributed by atoms with E-state index in [1.807, 2.05) is 41.9 Å². The Labute approximate surface area is 205 Å². The van der Waals surface area contributed by atoms with Gasteiger partial charge in [0.25, 0.3) is 5.91 Å². The molecule has 2 aromatic heterocycles. The Morgan fingerprint density at radius 3 is 2.69 bits per heavy atom. The number of ether oxygens (including phenoxy) is 1. The molecular weight excluding hydrogens is 444 g/mol. The Hall–Kier alpha value is -3.75. The van der Waals surface area contributed by atoms with Crippen LogP contribution in [0.1, 0.15) is 54.4 Å². The van der Waals surface area contributed by atoms with Crippen LogP contribution in [0.4, 0.5) is 0 Å². The normalized spacial score (nSPS) is 17.6. The van der Waals surface area contributed by atoms with Gasteiger partial charge in [-0.05, 0) is 68.4 Å². The van der Waals surface area contributed by atoms with Gasteiger partial charge in [0.1, 0.15) is 17.8 Å². The van der Waals surface area contributed by atoms with Gasteiger partial charge in [0, 0.05) is 37.3 Å². The second-order valence-corrected chi connectivity index (χ2v) is 9.13. The molecule has 2 heterocycles. The number of methoxy groups -OCH3 is 1. The molecule has 9 nitrogen and oxygen atoms in total. The number of carbonyl (C=O) groups excluding carboxylic acids is 2. The van der Waals surface area contributed by atoms with Gasteiger partial charge in [0.15, 0.2) is 5.82 Å². The highest BCUT2D eigenvalue weighted by Crippen LogP contribution is 2.26. The molecule has 0 aliphatic heterocycles. The molecule has 3 aromatic rings. The van der Waals surface area contributed by atoms with Crippen molar-refractivity contribution in [3.8, 4) is 17.1 Å². The van der Waals surface area contributed by atoms with E-state index in [0.29, 0.717) is 24.0 Å². The van der Waals surface area contributed by atoms with Crippen molar-refractivity contribution in [3.05, 3.63) is 59.7 Å². The summed E-state index contributed by atoms with van der Waals surface area (Å²) in [6.07, 6.45) is 5.82. The average molecular weight is 477 g/mol. The Bertz CT molecular complexity index is 1180. The highest BCUT2D eigenvalue weighted by Gasteiger charge is 2.22. The van der Waals surface area contributed by atoms with Crippen LogP contribution in [0.5, 0.6) is 5.75 Å². The van der Waals surface area contributed by atoms with E-state index < -0.39 is 0 Å².